The minimum atomic E-state index is 0.471. The molecule has 3 aliphatic carbocycles. The number of hydrogen-bond acceptors (Lipinski definition) is 2. The summed E-state index contributed by atoms with van der Waals surface area (Å²) in [5.74, 6) is 1.50. The average Bonchev–Trinajstić information content (AvgIpc) is 1.91. The Morgan fingerprint density at radius 2 is 1.20 bits per heavy atom. The fourth-order valence-corrected chi connectivity index (χ4v) is 2.53. The number of fused-ring (bicyclic) bond motifs is 3. The van der Waals surface area contributed by atoms with Gasteiger partial charge in [-0.05, 0) is 37.5 Å². The van der Waals surface area contributed by atoms with Gasteiger partial charge < -0.3 is 11.5 Å². The van der Waals surface area contributed by atoms with Crippen molar-refractivity contribution in [1.29, 1.82) is 0 Å². The van der Waals surface area contributed by atoms with E-state index in [2.05, 4.69) is 0 Å². The maximum Gasteiger partial charge on any atom is 0.00709 e. The van der Waals surface area contributed by atoms with Crippen molar-refractivity contribution in [3.05, 3.63) is 0 Å². The maximum absolute atomic E-state index is 5.93. The van der Waals surface area contributed by atoms with Crippen LogP contribution in [0.3, 0.4) is 0 Å². The lowest BCUT2D eigenvalue weighted by atomic mass is 9.66. The summed E-state index contributed by atoms with van der Waals surface area (Å²) in [6, 6.07) is 0.942. The molecule has 0 radical (unpaired) electrons. The van der Waals surface area contributed by atoms with Crippen molar-refractivity contribution in [2.75, 3.05) is 0 Å². The zero-order chi connectivity index (χ0) is 7.14. The van der Waals surface area contributed by atoms with Gasteiger partial charge in [0.1, 0.15) is 0 Å². The molecule has 0 amide bonds. The van der Waals surface area contributed by atoms with Crippen LogP contribution in [-0.4, -0.2) is 12.1 Å². The van der Waals surface area contributed by atoms with E-state index in [-0.39, 0.29) is 0 Å². The topological polar surface area (TPSA) is 52.0 Å². The molecule has 0 heterocycles. The summed E-state index contributed by atoms with van der Waals surface area (Å²) in [7, 11) is 0. The Morgan fingerprint density at radius 1 is 0.800 bits per heavy atom. The first kappa shape index (κ1) is 6.62. The second kappa shape index (κ2) is 2.21. The number of nitrogens with two attached hydrogens (primary N) is 2. The van der Waals surface area contributed by atoms with Gasteiger partial charge in [-0.2, -0.15) is 0 Å². The third kappa shape index (κ3) is 0.867. The van der Waals surface area contributed by atoms with Crippen LogP contribution < -0.4 is 11.5 Å². The molecule has 2 bridgehead atoms. The highest BCUT2D eigenvalue weighted by molar-refractivity contribution is 4.94. The zero-order valence-corrected chi connectivity index (χ0v) is 6.29. The Morgan fingerprint density at radius 3 is 1.40 bits per heavy atom. The molecule has 3 fully saturated rings. The van der Waals surface area contributed by atoms with E-state index >= 15 is 0 Å². The third-order valence-electron chi connectivity index (χ3n) is 3.27. The highest BCUT2D eigenvalue weighted by Crippen LogP contribution is 2.39. The molecule has 0 aromatic carbocycles. The molecule has 4 atom stereocenters. The largest absolute Gasteiger partial charge is 0.327 e. The van der Waals surface area contributed by atoms with Gasteiger partial charge in [0.2, 0.25) is 0 Å². The summed E-state index contributed by atoms with van der Waals surface area (Å²) in [4.78, 5) is 0. The number of hydrogen-bond donors (Lipinski definition) is 2. The second-order valence-corrected chi connectivity index (χ2v) is 3.90. The lowest BCUT2D eigenvalue weighted by molar-refractivity contribution is 0.122. The fraction of sp³-hybridized carbons (Fsp3) is 1.00. The predicted octanol–water partition coefficient (Wildman–Crippen LogP) is 0.461. The first-order chi connectivity index (χ1) is 4.77. The van der Waals surface area contributed by atoms with Crippen LogP contribution in [-0.2, 0) is 0 Å². The van der Waals surface area contributed by atoms with Crippen molar-refractivity contribution < 1.29 is 0 Å². The smallest absolute Gasteiger partial charge is 0.00709 e. The van der Waals surface area contributed by atoms with Crippen molar-refractivity contribution in [1.82, 2.24) is 0 Å². The van der Waals surface area contributed by atoms with E-state index in [1.807, 2.05) is 0 Å². The van der Waals surface area contributed by atoms with Crippen LogP contribution in [0.4, 0.5) is 0 Å². The van der Waals surface area contributed by atoms with Crippen molar-refractivity contribution in [3.63, 3.8) is 0 Å². The Labute approximate surface area is 62.0 Å². The predicted molar refractivity (Wildman–Crippen MR) is 41.4 cm³/mol. The van der Waals surface area contributed by atoms with E-state index in [9.17, 15) is 0 Å². The molecule has 4 N–H and O–H groups in total. The first-order valence-corrected chi connectivity index (χ1v) is 4.28. The molecule has 3 saturated carbocycles. The molecular formula is C8H16N2. The average molecular weight is 140 g/mol. The summed E-state index contributed by atoms with van der Waals surface area (Å²) >= 11 is 0. The molecule has 3 rings (SSSR count). The van der Waals surface area contributed by atoms with Gasteiger partial charge in [0, 0.05) is 12.1 Å². The van der Waals surface area contributed by atoms with Crippen molar-refractivity contribution in [3.8, 4) is 0 Å². The quantitative estimate of drug-likeness (QED) is 0.513. The summed E-state index contributed by atoms with van der Waals surface area (Å²) in [5.41, 5.74) is 11.9. The molecule has 0 saturated heterocycles. The second-order valence-electron chi connectivity index (χ2n) is 3.90. The monoisotopic (exact) mass is 140 g/mol. The molecule has 0 aliphatic heterocycles. The van der Waals surface area contributed by atoms with E-state index in [0.29, 0.717) is 12.1 Å². The van der Waals surface area contributed by atoms with E-state index in [4.69, 9.17) is 11.5 Å². The fourth-order valence-electron chi connectivity index (χ4n) is 2.53. The summed E-state index contributed by atoms with van der Waals surface area (Å²) < 4.78 is 0. The van der Waals surface area contributed by atoms with E-state index in [0.717, 1.165) is 11.8 Å². The molecule has 0 unspecified atom stereocenters. The highest BCUT2D eigenvalue weighted by atomic mass is 14.8. The molecule has 0 aromatic heterocycles. The van der Waals surface area contributed by atoms with Crippen LogP contribution in [0.1, 0.15) is 25.7 Å². The van der Waals surface area contributed by atoms with Crippen LogP contribution in [0.15, 0.2) is 0 Å². The van der Waals surface area contributed by atoms with Crippen LogP contribution in [0.5, 0.6) is 0 Å². The van der Waals surface area contributed by atoms with E-state index in [1.165, 1.54) is 25.7 Å². The SMILES string of the molecule is N[C@H]1C[C@@H]2CC[C@H]1C[C@@H]2N. The molecule has 2 nitrogen and oxygen atoms in total. The lowest BCUT2D eigenvalue weighted by Crippen LogP contribution is -2.50. The summed E-state index contributed by atoms with van der Waals surface area (Å²) in [6.45, 7) is 0. The minimum absolute atomic E-state index is 0.471. The van der Waals surface area contributed by atoms with Crippen LogP contribution in [0, 0.1) is 11.8 Å². The maximum atomic E-state index is 5.93. The minimum Gasteiger partial charge on any atom is -0.327 e. The Bertz CT molecular complexity index is 119. The molecule has 58 valence electrons. The van der Waals surface area contributed by atoms with Crippen molar-refractivity contribution in [2.24, 2.45) is 23.3 Å². The van der Waals surface area contributed by atoms with Gasteiger partial charge in [0.25, 0.3) is 0 Å². The highest BCUT2D eigenvalue weighted by Gasteiger charge is 2.38. The molecule has 3 aliphatic rings. The van der Waals surface area contributed by atoms with Crippen LogP contribution in [0.2, 0.25) is 0 Å². The Kier molecular flexibility index (Phi) is 1.46. The van der Waals surface area contributed by atoms with Crippen molar-refractivity contribution >= 4 is 0 Å². The van der Waals surface area contributed by atoms with Gasteiger partial charge >= 0.3 is 0 Å². The molecule has 0 spiro atoms. The Balaban J connectivity index is 2.09. The normalized spacial score (nSPS) is 53.4. The van der Waals surface area contributed by atoms with E-state index < -0.39 is 0 Å². The summed E-state index contributed by atoms with van der Waals surface area (Å²) in [6.07, 6.45) is 5.04. The summed E-state index contributed by atoms with van der Waals surface area (Å²) in [5, 5.41) is 0. The standard InChI is InChI=1S/C8H16N2/c9-7-4-6-2-1-5(7)3-8(6)10/h5-8H,1-4,9-10H2/t5-,6-,7-,8-/m0/s1. The molecule has 0 aromatic rings. The molecule has 10 heavy (non-hydrogen) atoms. The van der Waals surface area contributed by atoms with Gasteiger partial charge in [-0.15, -0.1) is 0 Å². The molecular weight excluding hydrogens is 124 g/mol. The van der Waals surface area contributed by atoms with E-state index in [1.54, 1.807) is 0 Å². The lowest BCUT2D eigenvalue weighted by Gasteiger charge is -2.44. The molecule has 2 heteroatoms. The van der Waals surface area contributed by atoms with Gasteiger partial charge in [0.05, 0.1) is 0 Å². The number of rotatable bonds is 0. The van der Waals surface area contributed by atoms with Crippen LogP contribution >= 0.6 is 0 Å². The first-order valence-electron chi connectivity index (χ1n) is 4.28. The van der Waals surface area contributed by atoms with Crippen molar-refractivity contribution in [2.45, 2.75) is 37.8 Å². The van der Waals surface area contributed by atoms with Crippen LogP contribution in [0.25, 0.3) is 0 Å². The van der Waals surface area contributed by atoms with Gasteiger partial charge in [-0.25, -0.2) is 0 Å². The van der Waals surface area contributed by atoms with Gasteiger partial charge in [-0.3, -0.25) is 0 Å². The van der Waals surface area contributed by atoms with Gasteiger partial charge in [0.15, 0.2) is 0 Å². The Hall–Kier alpha value is -0.0800. The third-order valence-corrected chi connectivity index (χ3v) is 3.27. The zero-order valence-electron chi connectivity index (χ0n) is 6.29. The van der Waals surface area contributed by atoms with Gasteiger partial charge in [-0.1, -0.05) is 0 Å².